The molecule has 1 aliphatic heterocycles. The molecule has 0 aromatic carbocycles. The lowest BCUT2D eigenvalue weighted by molar-refractivity contribution is 0.353. The van der Waals surface area contributed by atoms with Crippen LogP contribution in [0.25, 0.3) is 0 Å². The quantitative estimate of drug-likeness (QED) is 0.416. The molecular formula is C14H26IN5O2S. The van der Waals surface area contributed by atoms with Gasteiger partial charge in [0.2, 0.25) is 0 Å². The molecular weight excluding hydrogens is 429 g/mol. The van der Waals surface area contributed by atoms with Crippen molar-refractivity contribution in [2.75, 3.05) is 31.9 Å². The van der Waals surface area contributed by atoms with Crippen LogP contribution in [0.3, 0.4) is 0 Å². The number of hydrogen-bond acceptors (Lipinski definition) is 4. The van der Waals surface area contributed by atoms with Gasteiger partial charge in [0.05, 0.1) is 23.4 Å². The zero-order valence-electron chi connectivity index (χ0n) is 13.9. The first-order valence-corrected chi connectivity index (χ1v) is 9.22. The van der Waals surface area contributed by atoms with Crippen molar-refractivity contribution in [1.29, 1.82) is 0 Å². The fourth-order valence-corrected chi connectivity index (χ4v) is 3.81. The van der Waals surface area contributed by atoms with Gasteiger partial charge >= 0.3 is 0 Å². The van der Waals surface area contributed by atoms with Crippen molar-refractivity contribution in [3.8, 4) is 0 Å². The van der Waals surface area contributed by atoms with Crippen molar-refractivity contribution in [3.63, 3.8) is 0 Å². The molecule has 2 heterocycles. The van der Waals surface area contributed by atoms with Gasteiger partial charge in [-0.15, -0.1) is 24.0 Å². The van der Waals surface area contributed by atoms with Gasteiger partial charge in [-0.2, -0.15) is 0 Å². The van der Waals surface area contributed by atoms with Crippen molar-refractivity contribution in [3.05, 3.63) is 18.7 Å². The van der Waals surface area contributed by atoms with Gasteiger partial charge in [0, 0.05) is 38.6 Å². The minimum Gasteiger partial charge on any atom is -0.357 e. The van der Waals surface area contributed by atoms with Gasteiger partial charge in [-0.25, -0.2) is 13.4 Å². The monoisotopic (exact) mass is 455 g/mol. The van der Waals surface area contributed by atoms with Crippen LogP contribution in [-0.4, -0.2) is 65.5 Å². The van der Waals surface area contributed by atoms with Gasteiger partial charge in [0.1, 0.15) is 0 Å². The number of rotatable bonds is 4. The molecule has 0 radical (unpaired) electrons. The average molecular weight is 455 g/mol. The van der Waals surface area contributed by atoms with Gasteiger partial charge in [0.15, 0.2) is 15.8 Å². The minimum absolute atomic E-state index is 0. The second-order valence-electron chi connectivity index (χ2n) is 6.04. The van der Waals surface area contributed by atoms with Crippen LogP contribution in [0.5, 0.6) is 0 Å². The molecule has 0 bridgehead atoms. The van der Waals surface area contributed by atoms with E-state index in [1.54, 1.807) is 26.4 Å². The van der Waals surface area contributed by atoms with Crippen LogP contribution in [0.15, 0.2) is 23.7 Å². The zero-order valence-corrected chi connectivity index (χ0v) is 17.0. The third-order valence-electron chi connectivity index (χ3n) is 3.86. The third kappa shape index (κ3) is 5.07. The molecule has 0 spiro atoms. The van der Waals surface area contributed by atoms with E-state index in [1.165, 1.54) is 0 Å². The van der Waals surface area contributed by atoms with Gasteiger partial charge in [-0.1, -0.05) is 0 Å². The molecule has 0 saturated carbocycles. The number of nitrogens with zero attached hydrogens (tertiary/aromatic N) is 4. The molecule has 0 atom stereocenters. The van der Waals surface area contributed by atoms with E-state index in [9.17, 15) is 8.42 Å². The number of aromatic nitrogens is 2. The molecule has 0 amide bonds. The molecule has 0 aliphatic carbocycles. The fourth-order valence-electron chi connectivity index (χ4n) is 2.44. The standard InChI is InChI=1S/C14H25N5O2S.HI/c1-4-16-13(17-6-8-18-7-5-15-12-18)19-9-10-22(20,21)14(2,3)11-19;/h5,7,12H,4,6,8-11H2,1-3H3,(H,16,17);1H. The maximum absolute atomic E-state index is 12.1. The Labute approximate surface area is 155 Å². The highest BCUT2D eigenvalue weighted by Gasteiger charge is 2.40. The summed E-state index contributed by atoms with van der Waals surface area (Å²) in [6, 6.07) is 0. The van der Waals surface area contributed by atoms with Crippen LogP contribution in [0.4, 0.5) is 0 Å². The van der Waals surface area contributed by atoms with Crippen molar-refractivity contribution in [2.24, 2.45) is 4.99 Å². The van der Waals surface area contributed by atoms with E-state index in [4.69, 9.17) is 0 Å². The van der Waals surface area contributed by atoms with E-state index in [0.29, 0.717) is 19.6 Å². The lowest BCUT2D eigenvalue weighted by Gasteiger charge is -2.39. The number of guanidine groups is 1. The van der Waals surface area contributed by atoms with Gasteiger partial charge in [-0.05, 0) is 20.8 Å². The van der Waals surface area contributed by atoms with Crippen LogP contribution >= 0.6 is 24.0 Å². The van der Waals surface area contributed by atoms with E-state index in [2.05, 4.69) is 15.3 Å². The summed E-state index contributed by atoms with van der Waals surface area (Å²) in [4.78, 5) is 10.7. The highest BCUT2D eigenvalue weighted by Crippen LogP contribution is 2.23. The second kappa shape index (κ2) is 8.32. The summed E-state index contributed by atoms with van der Waals surface area (Å²) in [5, 5.41) is 3.25. The lowest BCUT2D eigenvalue weighted by Crippen LogP contribution is -2.57. The zero-order chi connectivity index (χ0) is 16.2. The maximum atomic E-state index is 12.1. The smallest absolute Gasteiger partial charge is 0.194 e. The Balaban J connectivity index is 0.00000264. The molecule has 0 unspecified atom stereocenters. The van der Waals surface area contributed by atoms with E-state index in [1.807, 2.05) is 22.6 Å². The summed E-state index contributed by atoms with van der Waals surface area (Å²) in [5.74, 6) is 0.956. The normalized spacial score (nSPS) is 20.0. The Morgan fingerprint density at radius 3 is 2.74 bits per heavy atom. The Hall–Kier alpha value is -0.840. The first-order valence-electron chi connectivity index (χ1n) is 7.57. The molecule has 132 valence electrons. The van der Waals surface area contributed by atoms with Crippen molar-refractivity contribution in [2.45, 2.75) is 32.1 Å². The lowest BCUT2D eigenvalue weighted by atomic mass is 10.2. The highest BCUT2D eigenvalue weighted by atomic mass is 127. The first kappa shape index (κ1) is 20.2. The second-order valence-corrected chi connectivity index (χ2v) is 8.78. The van der Waals surface area contributed by atoms with Crippen LogP contribution in [0.2, 0.25) is 0 Å². The van der Waals surface area contributed by atoms with Crippen molar-refractivity contribution >= 4 is 39.8 Å². The van der Waals surface area contributed by atoms with Crippen LogP contribution in [0, 0.1) is 0 Å². The number of aliphatic imine (C=N–C) groups is 1. The number of sulfone groups is 1. The van der Waals surface area contributed by atoms with Crippen LogP contribution in [-0.2, 0) is 16.4 Å². The maximum Gasteiger partial charge on any atom is 0.194 e. The van der Waals surface area contributed by atoms with Crippen molar-refractivity contribution in [1.82, 2.24) is 19.8 Å². The van der Waals surface area contributed by atoms with Crippen molar-refractivity contribution < 1.29 is 8.42 Å². The molecule has 1 fully saturated rings. The Bertz CT molecular complexity index is 613. The summed E-state index contributed by atoms with van der Waals surface area (Å²) < 4.78 is 25.4. The molecule has 2 rings (SSSR count). The SMILES string of the molecule is CCNC(=NCCn1ccnc1)N1CCS(=O)(=O)C(C)(C)C1.I. The Kier molecular flexibility index (Phi) is 7.30. The molecule has 1 aliphatic rings. The molecule has 1 aromatic heterocycles. The first-order chi connectivity index (χ1) is 10.4. The topological polar surface area (TPSA) is 79.6 Å². The molecule has 7 nitrogen and oxygen atoms in total. The van der Waals surface area contributed by atoms with Gasteiger partial charge in [0.25, 0.3) is 0 Å². The number of nitrogens with one attached hydrogen (secondary N) is 1. The van der Waals surface area contributed by atoms with Gasteiger partial charge < -0.3 is 14.8 Å². The Morgan fingerprint density at radius 1 is 1.43 bits per heavy atom. The predicted octanol–water partition coefficient (Wildman–Crippen LogP) is 0.976. The largest absolute Gasteiger partial charge is 0.357 e. The Morgan fingerprint density at radius 2 is 2.17 bits per heavy atom. The number of hydrogen-bond donors (Lipinski definition) is 1. The van der Waals surface area contributed by atoms with Crippen LogP contribution < -0.4 is 5.32 Å². The van der Waals surface area contributed by atoms with E-state index in [0.717, 1.165) is 19.0 Å². The molecule has 1 N–H and O–H groups in total. The van der Waals surface area contributed by atoms with Crippen LogP contribution in [0.1, 0.15) is 20.8 Å². The van der Waals surface area contributed by atoms with Gasteiger partial charge in [-0.3, -0.25) is 4.99 Å². The third-order valence-corrected chi connectivity index (χ3v) is 6.39. The molecule has 23 heavy (non-hydrogen) atoms. The summed E-state index contributed by atoms with van der Waals surface area (Å²) >= 11 is 0. The van der Waals surface area contributed by atoms with E-state index >= 15 is 0 Å². The number of halogens is 1. The predicted molar refractivity (Wildman–Crippen MR) is 103 cm³/mol. The fraction of sp³-hybridized carbons (Fsp3) is 0.714. The van der Waals surface area contributed by atoms with E-state index < -0.39 is 14.6 Å². The van der Waals surface area contributed by atoms with E-state index in [-0.39, 0.29) is 29.7 Å². The number of imidazole rings is 1. The highest BCUT2D eigenvalue weighted by molar-refractivity contribution is 14.0. The molecule has 1 aromatic rings. The summed E-state index contributed by atoms with van der Waals surface area (Å²) in [6.45, 7) is 8.67. The summed E-state index contributed by atoms with van der Waals surface area (Å²) in [6.07, 6.45) is 5.41. The molecule has 9 heteroatoms. The minimum atomic E-state index is -3.04. The summed E-state index contributed by atoms with van der Waals surface area (Å²) in [5.41, 5.74) is 0. The summed E-state index contributed by atoms with van der Waals surface area (Å²) in [7, 11) is -3.04. The molecule has 1 saturated heterocycles. The average Bonchev–Trinajstić information content (AvgIpc) is 2.94.